The first kappa shape index (κ1) is 13.9. The van der Waals surface area contributed by atoms with Crippen molar-refractivity contribution in [3.63, 3.8) is 0 Å². The van der Waals surface area contributed by atoms with Crippen LogP contribution in [0.4, 0.5) is 0 Å². The Morgan fingerprint density at radius 1 is 1.40 bits per heavy atom. The zero-order valence-electron chi connectivity index (χ0n) is 8.77. The number of hydrogen-bond donors (Lipinski definition) is 1. The molecule has 0 aromatic heterocycles. The van der Waals surface area contributed by atoms with Crippen LogP contribution in [0, 0.1) is 0 Å². The van der Waals surface area contributed by atoms with Gasteiger partial charge in [-0.2, -0.15) is 0 Å². The fraction of sp³-hybridized carbons (Fsp3) is 0.556. The Kier molecular flexibility index (Phi) is 8.70. The highest BCUT2D eigenvalue weighted by molar-refractivity contribution is 6.26. The molecule has 0 radical (unpaired) electrons. The van der Waals surface area contributed by atoms with Crippen molar-refractivity contribution in [2.45, 2.75) is 19.4 Å². The normalized spacial score (nSPS) is 11.3. The van der Waals surface area contributed by atoms with Crippen molar-refractivity contribution in [1.82, 2.24) is 0 Å². The van der Waals surface area contributed by atoms with Gasteiger partial charge < -0.3 is 14.3 Å². The minimum absolute atomic E-state index is 0.322. The Labute approximate surface area is 91.0 Å². The fourth-order valence-corrected chi connectivity index (χ4v) is 1.71. The molecule has 0 aromatic rings. The number of hydrogen-bond acceptors (Lipinski definition) is 4. The molecule has 15 heavy (non-hydrogen) atoms. The van der Waals surface area contributed by atoms with Gasteiger partial charge >= 0.3 is 11.9 Å². The number of carbonyl (C=O) groups excluding carboxylic acids is 1. The molecule has 0 fully saturated rings. The molecule has 0 spiro atoms. The second kappa shape index (κ2) is 9.41. The highest BCUT2D eigenvalue weighted by Crippen LogP contribution is 1.92. The van der Waals surface area contributed by atoms with Gasteiger partial charge in [-0.05, 0) is 19.4 Å². The van der Waals surface area contributed by atoms with Gasteiger partial charge in [0.25, 0.3) is 0 Å². The number of carboxylic acids is 1. The topological polar surface area (TPSA) is 72.8 Å². The Hall–Kier alpha value is -1.14. The summed E-state index contributed by atoms with van der Waals surface area (Å²) in [6.07, 6.45) is 2.44. The van der Waals surface area contributed by atoms with Crippen molar-refractivity contribution in [2.75, 3.05) is 13.2 Å². The zero-order valence-corrected chi connectivity index (χ0v) is 10.2. The van der Waals surface area contributed by atoms with Crippen molar-refractivity contribution >= 4 is 21.7 Å². The first-order chi connectivity index (χ1) is 7.16. The highest BCUT2D eigenvalue weighted by Gasteiger charge is 1.98. The molecule has 0 amide bonds. The molecule has 0 saturated heterocycles. The van der Waals surface area contributed by atoms with Crippen LogP contribution in [-0.4, -0.2) is 40.0 Å². The van der Waals surface area contributed by atoms with Gasteiger partial charge in [-0.25, -0.2) is 9.59 Å². The first-order valence-electron chi connectivity index (χ1n) is 4.82. The molecule has 0 unspecified atom stereocenters. The summed E-state index contributed by atoms with van der Waals surface area (Å²) < 4.78 is 9.98. The maximum absolute atomic E-state index is 10.8. The van der Waals surface area contributed by atoms with E-state index in [0.29, 0.717) is 6.61 Å². The number of carboxylic acid groups (broad SMARTS) is 1. The molecule has 0 heterocycles. The lowest BCUT2D eigenvalue weighted by atomic mass is 10.5. The van der Waals surface area contributed by atoms with Crippen molar-refractivity contribution in [2.24, 2.45) is 0 Å². The van der Waals surface area contributed by atoms with Gasteiger partial charge in [0.15, 0.2) is 9.76 Å². The fourth-order valence-electron chi connectivity index (χ4n) is 0.811. The average molecular weight is 232 g/mol. The summed E-state index contributed by atoms with van der Waals surface area (Å²) in [7, 11) is -0.461. The van der Waals surface area contributed by atoms with Crippen LogP contribution in [-0.2, 0) is 18.8 Å². The van der Waals surface area contributed by atoms with Gasteiger partial charge in [-0.1, -0.05) is 0 Å². The van der Waals surface area contributed by atoms with Crippen molar-refractivity contribution < 1.29 is 23.9 Å². The van der Waals surface area contributed by atoms with E-state index in [9.17, 15) is 9.59 Å². The Morgan fingerprint density at radius 2 is 2.13 bits per heavy atom. The molecule has 0 aromatic carbocycles. The number of ether oxygens (including phenoxy) is 1. The van der Waals surface area contributed by atoms with Crippen molar-refractivity contribution in [1.29, 1.82) is 0 Å². The lowest BCUT2D eigenvalue weighted by Gasteiger charge is -2.01. The Balaban J connectivity index is 3.35. The Bertz CT molecular complexity index is 227. The maximum Gasteiger partial charge on any atom is 0.331 e. The average Bonchev–Trinajstić information content (AvgIpc) is 2.20. The SMILES string of the molecule is CCO[SiH2]CCCOC(=O)/C=C/C(=O)O. The van der Waals surface area contributed by atoms with Crippen LogP contribution in [0.1, 0.15) is 13.3 Å². The molecule has 86 valence electrons. The third-order valence-electron chi connectivity index (χ3n) is 1.49. The molecule has 5 nitrogen and oxygen atoms in total. The first-order valence-corrected chi connectivity index (χ1v) is 6.40. The van der Waals surface area contributed by atoms with Crippen LogP contribution in [0.25, 0.3) is 0 Å². The molecule has 0 aliphatic heterocycles. The summed E-state index contributed by atoms with van der Waals surface area (Å²) >= 11 is 0. The summed E-state index contributed by atoms with van der Waals surface area (Å²) in [4.78, 5) is 20.9. The van der Waals surface area contributed by atoms with E-state index in [-0.39, 0.29) is 0 Å². The Morgan fingerprint density at radius 3 is 2.73 bits per heavy atom. The van der Waals surface area contributed by atoms with Gasteiger partial charge in [0.05, 0.1) is 6.61 Å². The van der Waals surface area contributed by atoms with Gasteiger partial charge in [0.1, 0.15) is 0 Å². The van der Waals surface area contributed by atoms with Crippen LogP contribution in [0.15, 0.2) is 12.2 Å². The minimum Gasteiger partial charge on any atom is -0.478 e. The molecule has 0 saturated carbocycles. The molecule has 0 aliphatic carbocycles. The van der Waals surface area contributed by atoms with E-state index in [1.54, 1.807) is 0 Å². The van der Waals surface area contributed by atoms with E-state index < -0.39 is 21.7 Å². The molecular formula is C9H16O5Si. The summed E-state index contributed by atoms with van der Waals surface area (Å²) in [5.74, 6) is -1.77. The standard InChI is InChI=1S/C9H16O5Si/c1-2-14-15-7-3-6-13-9(12)5-4-8(10)11/h4-5H,2-3,6-7,15H2,1H3,(H,10,11)/b5-4+. The smallest absolute Gasteiger partial charge is 0.331 e. The third-order valence-corrected chi connectivity index (χ3v) is 2.98. The monoisotopic (exact) mass is 232 g/mol. The van der Waals surface area contributed by atoms with Crippen molar-refractivity contribution in [3.8, 4) is 0 Å². The largest absolute Gasteiger partial charge is 0.478 e. The van der Waals surface area contributed by atoms with E-state index >= 15 is 0 Å². The molecule has 0 rings (SSSR count). The van der Waals surface area contributed by atoms with Crippen LogP contribution in [0.2, 0.25) is 6.04 Å². The number of aliphatic carboxylic acids is 1. The maximum atomic E-state index is 10.8. The van der Waals surface area contributed by atoms with E-state index in [0.717, 1.165) is 31.2 Å². The van der Waals surface area contributed by atoms with E-state index in [4.69, 9.17) is 14.3 Å². The van der Waals surface area contributed by atoms with Crippen LogP contribution in [0.5, 0.6) is 0 Å². The third kappa shape index (κ3) is 10.8. The number of esters is 1. The molecule has 0 bridgehead atoms. The van der Waals surface area contributed by atoms with Gasteiger partial charge in [-0.3, -0.25) is 0 Å². The van der Waals surface area contributed by atoms with Gasteiger partial charge in [0, 0.05) is 18.8 Å². The second-order valence-electron chi connectivity index (χ2n) is 2.74. The molecular weight excluding hydrogens is 216 g/mol. The quantitative estimate of drug-likeness (QED) is 0.278. The second-order valence-corrected chi connectivity index (χ2v) is 4.27. The number of rotatable bonds is 8. The summed E-state index contributed by atoms with van der Waals surface area (Å²) in [5.41, 5.74) is 0. The lowest BCUT2D eigenvalue weighted by molar-refractivity contribution is -0.138. The summed E-state index contributed by atoms with van der Waals surface area (Å²) in [5, 5.41) is 8.23. The van der Waals surface area contributed by atoms with E-state index in [2.05, 4.69) is 0 Å². The highest BCUT2D eigenvalue weighted by atomic mass is 28.2. The van der Waals surface area contributed by atoms with E-state index in [1.165, 1.54) is 0 Å². The molecule has 1 N–H and O–H groups in total. The lowest BCUT2D eigenvalue weighted by Crippen LogP contribution is -2.05. The van der Waals surface area contributed by atoms with Crippen molar-refractivity contribution in [3.05, 3.63) is 12.2 Å². The summed E-state index contributed by atoms with van der Waals surface area (Å²) in [6, 6.07) is 0.962. The number of carbonyl (C=O) groups is 2. The van der Waals surface area contributed by atoms with Gasteiger partial charge in [-0.15, -0.1) is 0 Å². The molecule has 6 heteroatoms. The van der Waals surface area contributed by atoms with Crippen LogP contribution < -0.4 is 0 Å². The zero-order chi connectivity index (χ0) is 11.5. The van der Waals surface area contributed by atoms with Crippen LogP contribution in [0.3, 0.4) is 0 Å². The molecule has 0 atom stereocenters. The van der Waals surface area contributed by atoms with E-state index in [1.807, 2.05) is 6.92 Å². The van der Waals surface area contributed by atoms with Crippen LogP contribution >= 0.6 is 0 Å². The summed E-state index contributed by atoms with van der Waals surface area (Å²) in [6.45, 7) is 3.01. The minimum atomic E-state index is -1.16. The van der Waals surface area contributed by atoms with Gasteiger partial charge in [0.2, 0.25) is 0 Å². The predicted molar refractivity (Wildman–Crippen MR) is 57.3 cm³/mol. The molecule has 0 aliphatic rings. The predicted octanol–water partition coefficient (Wildman–Crippen LogP) is 0.0991.